The highest BCUT2D eigenvalue weighted by molar-refractivity contribution is 7.80. The van der Waals surface area contributed by atoms with E-state index in [0.29, 0.717) is 5.02 Å². The minimum atomic E-state index is 0.165. The van der Waals surface area contributed by atoms with Crippen LogP contribution in [0.1, 0.15) is 19.4 Å². The van der Waals surface area contributed by atoms with Crippen LogP contribution in [0.2, 0.25) is 5.02 Å². The molecule has 1 aromatic rings. The van der Waals surface area contributed by atoms with Gasteiger partial charge in [0.1, 0.15) is 0 Å². The Morgan fingerprint density at radius 1 is 1.45 bits per heavy atom. The summed E-state index contributed by atoms with van der Waals surface area (Å²) in [7, 11) is 0. The number of rotatable bonds is 6. The van der Waals surface area contributed by atoms with Crippen LogP contribution in [0.5, 0.6) is 0 Å². The summed E-state index contributed by atoms with van der Waals surface area (Å²) in [6.07, 6.45) is 0. The highest BCUT2D eigenvalue weighted by atomic mass is 35.5. The van der Waals surface area contributed by atoms with Gasteiger partial charge in [0.05, 0.1) is 12.3 Å². The van der Waals surface area contributed by atoms with E-state index in [1.54, 1.807) is 0 Å². The Hall–Kier alpha value is -1.37. The maximum Gasteiger partial charge on any atom is 0.184 e. The number of anilines is 1. The summed E-state index contributed by atoms with van der Waals surface area (Å²) in [6.45, 7) is 9.17. The van der Waals surface area contributed by atoms with E-state index in [0.717, 1.165) is 49.7 Å². The Morgan fingerprint density at radius 2 is 2.18 bits per heavy atom. The van der Waals surface area contributed by atoms with Crippen LogP contribution in [-0.4, -0.2) is 48.4 Å². The van der Waals surface area contributed by atoms with Gasteiger partial charge in [-0.3, -0.25) is 5.43 Å². The van der Waals surface area contributed by atoms with Crippen LogP contribution in [-0.2, 0) is 0 Å². The number of halogens is 1. The predicted molar refractivity (Wildman–Crippen MR) is 97.9 cm³/mol. The molecule has 0 spiro atoms. The van der Waals surface area contributed by atoms with Crippen molar-refractivity contribution in [2.24, 2.45) is 10.8 Å². The van der Waals surface area contributed by atoms with Crippen LogP contribution in [0.15, 0.2) is 23.3 Å². The molecule has 1 aliphatic heterocycles. The van der Waals surface area contributed by atoms with Crippen molar-refractivity contribution in [2.45, 2.75) is 13.8 Å². The second-order valence-electron chi connectivity index (χ2n) is 5.14. The van der Waals surface area contributed by atoms with Crippen molar-refractivity contribution in [1.82, 2.24) is 10.3 Å². The van der Waals surface area contributed by atoms with Crippen LogP contribution in [0.3, 0.4) is 0 Å². The number of nitrogens with zero attached hydrogens (tertiary/aromatic N) is 3. The standard InChI is InChI=1S/C15H22ClN5S/c1-3-20(4-2)7-8-21-10-13(18-19-15(17)22)12-9-11(16)5-6-14(12)21/h5-6,9H,3-4,7-8,10H2,1-2H3,(H3,17,19,22)/b18-13+. The number of benzene rings is 1. The zero-order valence-corrected chi connectivity index (χ0v) is 14.5. The third kappa shape index (κ3) is 4.09. The summed E-state index contributed by atoms with van der Waals surface area (Å²) < 4.78 is 0. The SMILES string of the molecule is CCN(CC)CCN1C/C(=N\NC(N)=S)c2cc(Cl)ccc21. The van der Waals surface area contributed by atoms with E-state index >= 15 is 0 Å². The number of hydrogen-bond donors (Lipinski definition) is 2. The summed E-state index contributed by atoms with van der Waals surface area (Å²) in [5.74, 6) is 0. The zero-order chi connectivity index (χ0) is 16.1. The Bertz CT molecular complexity index is 571. The number of nitrogens with one attached hydrogen (secondary N) is 1. The van der Waals surface area contributed by atoms with Crippen molar-refractivity contribution in [1.29, 1.82) is 0 Å². The lowest BCUT2D eigenvalue weighted by molar-refractivity contribution is 0.310. The van der Waals surface area contributed by atoms with Crippen molar-refractivity contribution < 1.29 is 0 Å². The average Bonchev–Trinajstić information content (AvgIpc) is 2.83. The molecule has 3 N–H and O–H groups in total. The Balaban J connectivity index is 2.18. The molecule has 1 aliphatic rings. The van der Waals surface area contributed by atoms with Gasteiger partial charge in [-0.25, -0.2) is 0 Å². The third-order valence-electron chi connectivity index (χ3n) is 3.83. The molecule has 0 fully saturated rings. The molecular formula is C15H22ClN5S. The van der Waals surface area contributed by atoms with Gasteiger partial charge in [0.2, 0.25) is 0 Å². The molecule has 22 heavy (non-hydrogen) atoms. The summed E-state index contributed by atoms with van der Waals surface area (Å²) in [4.78, 5) is 4.71. The monoisotopic (exact) mass is 339 g/mol. The lowest BCUT2D eigenvalue weighted by Gasteiger charge is -2.24. The normalized spacial score (nSPS) is 15.5. The Kier molecular flexibility index (Phi) is 5.99. The van der Waals surface area contributed by atoms with Gasteiger partial charge < -0.3 is 15.5 Å². The number of hydrazone groups is 1. The number of fused-ring (bicyclic) bond motifs is 1. The molecule has 120 valence electrons. The zero-order valence-electron chi connectivity index (χ0n) is 13.0. The topological polar surface area (TPSA) is 56.9 Å². The van der Waals surface area contributed by atoms with Gasteiger partial charge in [0.25, 0.3) is 0 Å². The first-order chi connectivity index (χ1) is 10.5. The molecule has 0 unspecified atom stereocenters. The van der Waals surface area contributed by atoms with Crippen LogP contribution >= 0.6 is 23.8 Å². The summed E-state index contributed by atoms with van der Waals surface area (Å²) in [6, 6.07) is 5.90. The van der Waals surface area contributed by atoms with Crippen LogP contribution in [0.25, 0.3) is 0 Å². The van der Waals surface area contributed by atoms with E-state index < -0.39 is 0 Å². The largest absolute Gasteiger partial charge is 0.375 e. The summed E-state index contributed by atoms with van der Waals surface area (Å²) in [5.41, 5.74) is 11.2. The second-order valence-corrected chi connectivity index (χ2v) is 6.02. The van der Waals surface area contributed by atoms with Crippen molar-refractivity contribution in [2.75, 3.05) is 37.6 Å². The maximum absolute atomic E-state index is 6.12. The van der Waals surface area contributed by atoms with Gasteiger partial charge in [0, 0.05) is 29.4 Å². The maximum atomic E-state index is 6.12. The van der Waals surface area contributed by atoms with Crippen molar-refractivity contribution >= 4 is 40.3 Å². The van der Waals surface area contributed by atoms with Gasteiger partial charge >= 0.3 is 0 Å². The molecule has 0 amide bonds. The van der Waals surface area contributed by atoms with E-state index in [4.69, 9.17) is 29.6 Å². The number of thiocarbonyl (C=S) groups is 1. The van der Waals surface area contributed by atoms with Gasteiger partial charge in [-0.15, -0.1) is 0 Å². The highest BCUT2D eigenvalue weighted by Gasteiger charge is 2.25. The Labute approximate surface area is 142 Å². The van der Waals surface area contributed by atoms with E-state index in [1.165, 1.54) is 0 Å². The first-order valence-electron chi connectivity index (χ1n) is 7.44. The molecule has 7 heteroatoms. The lowest BCUT2D eigenvalue weighted by atomic mass is 10.1. The number of nitrogens with two attached hydrogens (primary N) is 1. The number of hydrogen-bond acceptors (Lipinski definition) is 4. The molecule has 0 bridgehead atoms. The lowest BCUT2D eigenvalue weighted by Crippen LogP contribution is -2.35. The molecular weight excluding hydrogens is 318 g/mol. The van der Waals surface area contributed by atoms with E-state index in [1.807, 2.05) is 18.2 Å². The number of likely N-dealkylation sites (N-methyl/N-ethyl adjacent to an activating group) is 1. The molecule has 0 saturated carbocycles. The average molecular weight is 340 g/mol. The van der Waals surface area contributed by atoms with Gasteiger partial charge in [-0.2, -0.15) is 5.10 Å². The van der Waals surface area contributed by atoms with Gasteiger partial charge in [-0.1, -0.05) is 25.4 Å². The van der Waals surface area contributed by atoms with E-state index in [2.05, 4.69) is 34.2 Å². The van der Waals surface area contributed by atoms with Gasteiger partial charge in [-0.05, 0) is 43.5 Å². The molecule has 1 heterocycles. The van der Waals surface area contributed by atoms with Crippen molar-refractivity contribution in [3.8, 4) is 0 Å². The molecule has 0 atom stereocenters. The van der Waals surface area contributed by atoms with Crippen LogP contribution < -0.4 is 16.1 Å². The van der Waals surface area contributed by atoms with E-state index in [-0.39, 0.29) is 5.11 Å². The molecule has 0 aliphatic carbocycles. The van der Waals surface area contributed by atoms with E-state index in [9.17, 15) is 0 Å². The minimum Gasteiger partial charge on any atom is -0.375 e. The first kappa shape index (κ1) is 17.0. The van der Waals surface area contributed by atoms with Gasteiger partial charge in [0.15, 0.2) is 5.11 Å². The fourth-order valence-corrected chi connectivity index (χ4v) is 2.80. The van der Waals surface area contributed by atoms with Crippen molar-refractivity contribution in [3.63, 3.8) is 0 Å². The molecule has 5 nitrogen and oxygen atoms in total. The fraction of sp³-hybridized carbons (Fsp3) is 0.467. The fourth-order valence-electron chi connectivity index (χ4n) is 2.59. The first-order valence-corrected chi connectivity index (χ1v) is 8.23. The van der Waals surface area contributed by atoms with Crippen LogP contribution in [0.4, 0.5) is 5.69 Å². The predicted octanol–water partition coefficient (Wildman–Crippen LogP) is 2.04. The summed E-state index contributed by atoms with van der Waals surface area (Å²) in [5, 5.41) is 5.18. The molecule has 0 saturated heterocycles. The second kappa shape index (κ2) is 7.76. The molecule has 0 radical (unpaired) electrons. The quantitative estimate of drug-likeness (QED) is 0.613. The third-order valence-corrected chi connectivity index (χ3v) is 4.16. The molecule has 0 aromatic heterocycles. The summed E-state index contributed by atoms with van der Waals surface area (Å²) >= 11 is 10.9. The highest BCUT2D eigenvalue weighted by Crippen LogP contribution is 2.30. The Morgan fingerprint density at radius 3 is 2.82 bits per heavy atom. The molecule has 2 rings (SSSR count). The molecule has 1 aromatic carbocycles. The van der Waals surface area contributed by atoms with Crippen molar-refractivity contribution in [3.05, 3.63) is 28.8 Å². The van der Waals surface area contributed by atoms with Crippen LogP contribution in [0, 0.1) is 0 Å². The minimum absolute atomic E-state index is 0.165. The smallest absolute Gasteiger partial charge is 0.184 e.